The highest BCUT2D eigenvalue weighted by molar-refractivity contribution is 5.48. The Morgan fingerprint density at radius 1 is 1.00 bits per heavy atom. The fraction of sp³-hybridized carbons (Fsp3) is 0.278. The van der Waals surface area contributed by atoms with Crippen LogP contribution in [-0.2, 0) is 6.42 Å². The smallest absolute Gasteiger partial charge is 0.227 e. The second-order valence-electron chi connectivity index (χ2n) is 5.64. The maximum Gasteiger partial charge on any atom is 0.227 e. The van der Waals surface area contributed by atoms with Gasteiger partial charge in [-0.25, -0.2) is 4.98 Å². The van der Waals surface area contributed by atoms with Gasteiger partial charge >= 0.3 is 0 Å². The Balaban J connectivity index is 1.79. The molecule has 22 heavy (non-hydrogen) atoms. The molecule has 2 aromatic heterocycles. The van der Waals surface area contributed by atoms with E-state index in [0.29, 0.717) is 17.6 Å². The lowest BCUT2D eigenvalue weighted by Crippen LogP contribution is -2.01. The summed E-state index contributed by atoms with van der Waals surface area (Å²) in [4.78, 5) is 8.90. The zero-order chi connectivity index (χ0) is 15.5. The largest absolute Gasteiger partial charge is 0.339 e. The van der Waals surface area contributed by atoms with E-state index in [-0.39, 0.29) is 0 Å². The molecule has 0 saturated carbocycles. The van der Waals surface area contributed by atoms with Crippen molar-refractivity contribution in [3.63, 3.8) is 0 Å². The van der Waals surface area contributed by atoms with Crippen LogP contribution in [-0.4, -0.2) is 15.1 Å². The molecular weight excluding hydrogens is 274 g/mol. The van der Waals surface area contributed by atoms with Gasteiger partial charge < -0.3 is 4.52 Å². The van der Waals surface area contributed by atoms with E-state index in [4.69, 9.17) is 4.52 Å². The normalized spacial score (nSPS) is 12.3. The van der Waals surface area contributed by atoms with Crippen LogP contribution < -0.4 is 0 Å². The van der Waals surface area contributed by atoms with E-state index in [9.17, 15) is 0 Å². The van der Waals surface area contributed by atoms with E-state index in [1.54, 1.807) is 0 Å². The maximum atomic E-state index is 5.39. The highest BCUT2D eigenvalue weighted by atomic mass is 16.5. The van der Waals surface area contributed by atoms with Crippen LogP contribution in [0.25, 0.3) is 11.5 Å². The first kappa shape index (κ1) is 14.4. The molecule has 3 aromatic rings. The van der Waals surface area contributed by atoms with Gasteiger partial charge in [-0.05, 0) is 43.0 Å². The van der Waals surface area contributed by atoms with Gasteiger partial charge in [0.1, 0.15) is 5.69 Å². The molecular formula is C18H19N3O. The van der Waals surface area contributed by atoms with E-state index in [0.717, 1.165) is 17.8 Å². The molecule has 0 aliphatic heterocycles. The lowest BCUT2D eigenvalue weighted by atomic mass is 9.94. The van der Waals surface area contributed by atoms with Crippen LogP contribution in [0.5, 0.6) is 0 Å². The van der Waals surface area contributed by atoms with Gasteiger partial charge in [0.25, 0.3) is 0 Å². The van der Waals surface area contributed by atoms with Gasteiger partial charge in [0.15, 0.2) is 0 Å². The van der Waals surface area contributed by atoms with Crippen molar-refractivity contribution in [2.45, 2.75) is 33.1 Å². The number of hydrogen-bond donors (Lipinski definition) is 0. The third-order valence-electron chi connectivity index (χ3n) is 3.79. The van der Waals surface area contributed by atoms with Crippen LogP contribution in [0.1, 0.15) is 35.6 Å². The van der Waals surface area contributed by atoms with E-state index < -0.39 is 0 Å². The fourth-order valence-electron chi connectivity index (χ4n) is 2.62. The summed E-state index contributed by atoms with van der Waals surface area (Å²) in [5.41, 5.74) is 4.29. The first-order chi connectivity index (χ1) is 10.6. The summed E-state index contributed by atoms with van der Waals surface area (Å²) in [5.74, 6) is 1.53. The Hall–Kier alpha value is -2.49. The van der Waals surface area contributed by atoms with Crippen LogP contribution in [0.2, 0.25) is 0 Å². The van der Waals surface area contributed by atoms with Crippen molar-refractivity contribution < 1.29 is 4.52 Å². The predicted molar refractivity (Wildman–Crippen MR) is 85.6 cm³/mol. The highest BCUT2D eigenvalue weighted by Crippen LogP contribution is 2.23. The second kappa shape index (κ2) is 6.10. The van der Waals surface area contributed by atoms with Gasteiger partial charge in [0.2, 0.25) is 11.7 Å². The molecule has 3 rings (SSSR count). The molecule has 112 valence electrons. The number of benzene rings is 1. The van der Waals surface area contributed by atoms with Crippen molar-refractivity contribution in [1.29, 1.82) is 0 Å². The predicted octanol–water partition coefficient (Wildman–Crippen LogP) is 4.09. The topological polar surface area (TPSA) is 51.8 Å². The third kappa shape index (κ3) is 3.06. The first-order valence-corrected chi connectivity index (χ1v) is 7.45. The molecule has 0 radical (unpaired) electrons. The first-order valence-electron chi connectivity index (χ1n) is 7.45. The molecule has 0 fully saturated rings. The molecule has 1 atom stereocenters. The van der Waals surface area contributed by atoms with Gasteiger partial charge in [-0.15, -0.1) is 0 Å². The average molecular weight is 293 g/mol. The summed E-state index contributed by atoms with van der Waals surface area (Å²) in [6.45, 7) is 6.25. The van der Waals surface area contributed by atoms with Gasteiger partial charge in [-0.3, -0.25) is 0 Å². The van der Waals surface area contributed by atoms with Crippen molar-refractivity contribution in [2.75, 3.05) is 0 Å². The number of aromatic nitrogens is 3. The Labute approximate surface area is 130 Å². The standard InChI is InChI=1S/C18H19N3O/c1-12-7-4-5-9-15(12)13(2)11-17-20-18(21-22-17)16-10-6-8-14(3)19-16/h4-10,13H,11H2,1-3H3. The summed E-state index contributed by atoms with van der Waals surface area (Å²) in [6.07, 6.45) is 0.726. The minimum atomic E-state index is 0.333. The minimum absolute atomic E-state index is 0.333. The van der Waals surface area contributed by atoms with Gasteiger partial charge in [0, 0.05) is 12.1 Å². The molecule has 4 nitrogen and oxygen atoms in total. The van der Waals surface area contributed by atoms with E-state index in [1.165, 1.54) is 11.1 Å². The molecule has 0 bridgehead atoms. The Morgan fingerprint density at radius 3 is 2.59 bits per heavy atom. The minimum Gasteiger partial charge on any atom is -0.339 e. The maximum absolute atomic E-state index is 5.39. The summed E-state index contributed by atoms with van der Waals surface area (Å²) >= 11 is 0. The number of nitrogens with zero attached hydrogens (tertiary/aromatic N) is 3. The fourth-order valence-corrected chi connectivity index (χ4v) is 2.62. The molecule has 2 heterocycles. The Morgan fingerprint density at radius 2 is 1.82 bits per heavy atom. The second-order valence-corrected chi connectivity index (χ2v) is 5.64. The molecule has 4 heteroatoms. The molecule has 1 aromatic carbocycles. The van der Waals surface area contributed by atoms with Crippen LogP contribution in [0.3, 0.4) is 0 Å². The van der Waals surface area contributed by atoms with Crippen molar-refractivity contribution in [3.05, 3.63) is 65.2 Å². The third-order valence-corrected chi connectivity index (χ3v) is 3.79. The van der Waals surface area contributed by atoms with Crippen LogP contribution in [0, 0.1) is 13.8 Å². The summed E-state index contributed by atoms with van der Waals surface area (Å²) in [6, 6.07) is 14.2. The molecule has 0 saturated heterocycles. The van der Waals surface area contributed by atoms with Crippen molar-refractivity contribution in [2.24, 2.45) is 0 Å². The molecule has 0 spiro atoms. The lowest BCUT2D eigenvalue weighted by molar-refractivity contribution is 0.371. The van der Waals surface area contributed by atoms with Crippen molar-refractivity contribution >= 4 is 0 Å². The molecule has 0 amide bonds. The zero-order valence-electron chi connectivity index (χ0n) is 13.1. The number of hydrogen-bond acceptors (Lipinski definition) is 4. The zero-order valence-corrected chi connectivity index (χ0v) is 13.1. The van der Waals surface area contributed by atoms with Crippen LogP contribution in [0.15, 0.2) is 47.0 Å². The Kier molecular flexibility index (Phi) is 4.00. The van der Waals surface area contributed by atoms with Crippen LogP contribution in [0.4, 0.5) is 0 Å². The monoisotopic (exact) mass is 293 g/mol. The van der Waals surface area contributed by atoms with E-state index in [2.05, 4.69) is 53.2 Å². The highest BCUT2D eigenvalue weighted by Gasteiger charge is 2.15. The summed E-state index contributed by atoms with van der Waals surface area (Å²) in [5, 5.41) is 4.05. The SMILES string of the molecule is Cc1cccc(-c2noc(CC(C)c3ccccc3C)n2)n1. The quantitative estimate of drug-likeness (QED) is 0.727. The molecule has 0 aliphatic carbocycles. The summed E-state index contributed by atoms with van der Waals surface area (Å²) < 4.78 is 5.39. The lowest BCUT2D eigenvalue weighted by Gasteiger charge is -2.11. The van der Waals surface area contributed by atoms with Gasteiger partial charge in [-0.2, -0.15) is 4.98 Å². The number of rotatable bonds is 4. The van der Waals surface area contributed by atoms with E-state index in [1.807, 2.05) is 25.1 Å². The van der Waals surface area contributed by atoms with Gasteiger partial charge in [0.05, 0.1) is 0 Å². The molecule has 1 unspecified atom stereocenters. The molecule has 0 N–H and O–H groups in total. The number of pyridine rings is 1. The van der Waals surface area contributed by atoms with Crippen molar-refractivity contribution in [1.82, 2.24) is 15.1 Å². The van der Waals surface area contributed by atoms with Crippen LogP contribution >= 0.6 is 0 Å². The summed E-state index contributed by atoms with van der Waals surface area (Å²) in [7, 11) is 0. The van der Waals surface area contributed by atoms with Crippen molar-refractivity contribution in [3.8, 4) is 11.5 Å². The van der Waals surface area contributed by atoms with Gasteiger partial charge in [-0.1, -0.05) is 42.4 Å². The molecule has 0 aliphatic rings. The van der Waals surface area contributed by atoms with E-state index >= 15 is 0 Å². The average Bonchev–Trinajstić information content (AvgIpc) is 2.96. The Bertz CT molecular complexity index is 779. The number of aryl methyl sites for hydroxylation is 2.